The van der Waals surface area contributed by atoms with Gasteiger partial charge in [0.05, 0.1) is 37.5 Å². The molecule has 3 rings (SSSR count). The summed E-state index contributed by atoms with van der Waals surface area (Å²) in [6.45, 7) is 2.93. The van der Waals surface area contributed by atoms with Gasteiger partial charge in [0.1, 0.15) is 5.82 Å². The Labute approximate surface area is 160 Å². The Balaban J connectivity index is 1.91. The summed E-state index contributed by atoms with van der Waals surface area (Å²) in [7, 11) is 0. The van der Waals surface area contributed by atoms with Gasteiger partial charge in [0.2, 0.25) is 0 Å². The number of nitrogens with one attached hydrogen (secondary N) is 2. The second-order valence-electron chi connectivity index (χ2n) is 5.90. The Morgan fingerprint density at radius 2 is 2.04 bits per heavy atom. The molecule has 27 heavy (non-hydrogen) atoms. The molecule has 1 aliphatic rings. The number of ether oxygens (including phenoxy) is 1. The Morgan fingerprint density at radius 3 is 2.70 bits per heavy atom. The predicted molar refractivity (Wildman–Crippen MR) is 102 cm³/mol. The van der Waals surface area contributed by atoms with Crippen molar-refractivity contribution in [2.24, 2.45) is 0 Å². The molecule has 1 aromatic heterocycles. The molecule has 0 unspecified atom stereocenters. The number of carbonyl (C=O) groups excluding carboxylic acids is 2. The molecule has 2 heterocycles. The fraction of sp³-hybridized carbons (Fsp3) is 0.263. The smallest absolute Gasteiger partial charge is 0.337 e. The number of anilines is 1. The van der Waals surface area contributed by atoms with Crippen molar-refractivity contribution >= 4 is 29.0 Å². The van der Waals surface area contributed by atoms with Crippen LogP contribution >= 0.6 is 11.3 Å². The number of hydrogen-bond acceptors (Lipinski definition) is 5. The maximum atomic E-state index is 13.3. The van der Waals surface area contributed by atoms with Crippen LogP contribution in [-0.4, -0.2) is 31.7 Å². The van der Waals surface area contributed by atoms with Crippen LogP contribution in [0, 0.1) is 5.82 Å². The summed E-state index contributed by atoms with van der Waals surface area (Å²) in [6, 6.07) is 9.72. The Hall–Kier alpha value is -2.87. The van der Waals surface area contributed by atoms with Crippen LogP contribution in [0.15, 0.2) is 53.0 Å². The minimum Gasteiger partial charge on any atom is -0.463 e. The highest BCUT2D eigenvalue weighted by atomic mass is 32.1. The van der Waals surface area contributed by atoms with Crippen LogP contribution in [0.25, 0.3) is 0 Å². The zero-order valence-corrected chi connectivity index (χ0v) is 15.6. The zero-order valence-electron chi connectivity index (χ0n) is 14.8. The lowest BCUT2D eigenvalue weighted by Crippen LogP contribution is -2.46. The van der Waals surface area contributed by atoms with Crippen molar-refractivity contribution in [3.05, 3.63) is 63.7 Å². The summed E-state index contributed by atoms with van der Waals surface area (Å²) in [5.74, 6) is -0.786. The van der Waals surface area contributed by atoms with E-state index in [2.05, 4.69) is 10.6 Å². The van der Waals surface area contributed by atoms with E-state index in [0.717, 1.165) is 10.6 Å². The number of amides is 2. The average molecular weight is 389 g/mol. The van der Waals surface area contributed by atoms with Gasteiger partial charge in [0, 0.05) is 10.6 Å². The van der Waals surface area contributed by atoms with E-state index >= 15 is 0 Å². The standard InChI is InChI=1S/C19H20FN3O3S/c1-2-26-18(24)16-10-21-19(25)22-17(16)12-23(11-15-4-3-9-27-15)14-7-5-13(20)6-8-14/h3-9H,2,10-12H2,1H3,(H2,21,22,25). The Bertz CT molecular complexity index is 834. The number of esters is 1. The Kier molecular flexibility index (Phi) is 6.08. The minimum absolute atomic E-state index is 0.107. The summed E-state index contributed by atoms with van der Waals surface area (Å²) in [5.41, 5.74) is 1.65. The van der Waals surface area contributed by atoms with Crippen LogP contribution in [0.5, 0.6) is 0 Å². The van der Waals surface area contributed by atoms with Gasteiger partial charge in [-0.25, -0.2) is 14.0 Å². The second-order valence-corrected chi connectivity index (χ2v) is 6.93. The predicted octanol–water partition coefficient (Wildman–Crippen LogP) is 3.02. The fourth-order valence-electron chi connectivity index (χ4n) is 2.75. The largest absolute Gasteiger partial charge is 0.463 e. The van der Waals surface area contributed by atoms with Gasteiger partial charge >= 0.3 is 12.0 Å². The van der Waals surface area contributed by atoms with E-state index in [1.165, 1.54) is 12.1 Å². The van der Waals surface area contributed by atoms with Crippen LogP contribution in [0.1, 0.15) is 11.8 Å². The molecule has 2 N–H and O–H groups in total. The summed E-state index contributed by atoms with van der Waals surface area (Å²) in [5, 5.41) is 7.29. The van der Waals surface area contributed by atoms with Crippen LogP contribution < -0.4 is 15.5 Å². The topological polar surface area (TPSA) is 70.7 Å². The van der Waals surface area contributed by atoms with E-state index in [0.29, 0.717) is 17.8 Å². The molecule has 2 aromatic rings. The van der Waals surface area contributed by atoms with Gasteiger partial charge in [-0.05, 0) is 42.6 Å². The molecule has 0 saturated heterocycles. The maximum Gasteiger partial charge on any atom is 0.337 e. The lowest BCUT2D eigenvalue weighted by atomic mass is 10.1. The third-order valence-corrected chi connectivity index (χ3v) is 4.90. The molecular formula is C19H20FN3O3S. The highest BCUT2D eigenvalue weighted by Crippen LogP contribution is 2.22. The number of benzene rings is 1. The number of urea groups is 1. The fourth-order valence-corrected chi connectivity index (χ4v) is 3.47. The van der Waals surface area contributed by atoms with E-state index in [1.54, 1.807) is 30.4 Å². The van der Waals surface area contributed by atoms with Crippen molar-refractivity contribution < 1.29 is 18.7 Å². The summed E-state index contributed by atoms with van der Waals surface area (Å²) in [6.07, 6.45) is 0. The molecule has 0 fully saturated rings. The second kappa shape index (κ2) is 8.68. The number of rotatable bonds is 7. The van der Waals surface area contributed by atoms with Crippen LogP contribution in [0.2, 0.25) is 0 Å². The molecule has 0 saturated carbocycles. The van der Waals surface area contributed by atoms with Crippen molar-refractivity contribution in [1.82, 2.24) is 10.6 Å². The highest BCUT2D eigenvalue weighted by molar-refractivity contribution is 7.09. The minimum atomic E-state index is -0.463. The third kappa shape index (κ3) is 4.85. The number of halogens is 1. The van der Waals surface area contributed by atoms with Crippen molar-refractivity contribution in [1.29, 1.82) is 0 Å². The molecule has 6 nitrogen and oxygen atoms in total. The normalized spacial score (nSPS) is 13.8. The average Bonchev–Trinajstić information content (AvgIpc) is 3.15. The lowest BCUT2D eigenvalue weighted by molar-refractivity contribution is -0.138. The van der Waals surface area contributed by atoms with E-state index in [-0.39, 0.29) is 31.5 Å². The molecule has 0 aliphatic carbocycles. The van der Waals surface area contributed by atoms with Crippen LogP contribution in [0.3, 0.4) is 0 Å². The molecule has 142 valence electrons. The van der Waals surface area contributed by atoms with Gasteiger partial charge in [-0.15, -0.1) is 11.3 Å². The van der Waals surface area contributed by atoms with Crippen molar-refractivity contribution in [3.63, 3.8) is 0 Å². The quantitative estimate of drug-likeness (QED) is 0.714. The van der Waals surface area contributed by atoms with Crippen molar-refractivity contribution in [3.8, 4) is 0 Å². The van der Waals surface area contributed by atoms with Gasteiger partial charge in [0.15, 0.2) is 0 Å². The molecule has 0 radical (unpaired) electrons. The van der Waals surface area contributed by atoms with Gasteiger partial charge in [-0.1, -0.05) is 6.07 Å². The number of carbonyl (C=O) groups is 2. The maximum absolute atomic E-state index is 13.3. The van der Waals surface area contributed by atoms with E-state index < -0.39 is 5.97 Å². The molecule has 0 atom stereocenters. The van der Waals surface area contributed by atoms with E-state index in [1.807, 2.05) is 22.4 Å². The van der Waals surface area contributed by atoms with E-state index in [4.69, 9.17) is 4.74 Å². The number of thiophene rings is 1. The Morgan fingerprint density at radius 1 is 1.26 bits per heavy atom. The molecule has 8 heteroatoms. The molecule has 0 bridgehead atoms. The first-order valence-corrected chi connectivity index (χ1v) is 9.41. The van der Waals surface area contributed by atoms with Crippen molar-refractivity contribution in [2.75, 3.05) is 24.6 Å². The van der Waals surface area contributed by atoms with Gasteiger partial charge < -0.3 is 20.3 Å². The monoisotopic (exact) mass is 389 g/mol. The highest BCUT2D eigenvalue weighted by Gasteiger charge is 2.25. The number of hydrogen-bond donors (Lipinski definition) is 2. The lowest BCUT2D eigenvalue weighted by Gasteiger charge is -2.29. The number of nitrogens with zero attached hydrogens (tertiary/aromatic N) is 1. The summed E-state index contributed by atoms with van der Waals surface area (Å²) in [4.78, 5) is 27.1. The third-order valence-electron chi connectivity index (χ3n) is 4.04. The molecule has 1 aromatic carbocycles. The molecule has 1 aliphatic heterocycles. The first kappa shape index (κ1) is 18.9. The molecule has 0 spiro atoms. The molecular weight excluding hydrogens is 369 g/mol. The first-order chi connectivity index (χ1) is 13.1. The van der Waals surface area contributed by atoms with Crippen molar-refractivity contribution in [2.45, 2.75) is 13.5 Å². The van der Waals surface area contributed by atoms with E-state index in [9.17, 15) is 14.0 Å². The summed E-state index contributed by atoms with van der Waals surface area (Å²) >= 11 is 1.60. The van der Waals surface area contributed by atoms with Gasteiger partial charge in [-0.3, -0.25) is 0 Å². The first-order valence-electron chi connectivity index (χ1n) is 8.53. The van der Waals surface area contributed by atoms with Crippen LogP contribution in [0.4, 0.5) is 14.9 Å². The van der Waals surface area contributed by atoms with Crippen LogP contribution in [-0.2, 0) is 16.1 Å². The molecule has 2 amide bonds. The summed E-state index contributed by atoms with van der Waals surface area (Å²) < 4.78 is 18.4. The zero-order chi connectivity index (χ0) is 19.2. The van der Waals surface area contributed by atoms with Gasteiger partial charge in [0.25, 0.3) is 0 Å². The SMILES string of the molecule is CCOC(=O)C1=C(CN(Cc2cccs2)c2ccc(F)cc2)NC(=O)NC1. The van der Waals surface area contributed by atoms with Gasteiger partial charge in [-0.2, -0.15) is 0 Å².